The van der Waals surface area contributed by atoms with Gasteiger partial charge in [-0.1, -0.05) is 25.1 Å². The Morgan fingerprint density at radius 2 is 2.24 bits per heavy atom. The van der Waals surface area contributed by atoms with E-state index in [9.17, 15) is 0 Å². The van der Waals surface area contributed by atoms with Crippen LogP contribution in [0.1, 0.15) is 30.9 Å². The topological polar surface area (TPSA) is 15.6 Å². The van der Waals surface area contributed by atoms with Crippen LogP contribution in [0.15, 0.2) is 33.5 Å². The highest BCUT2D eigenvalue weighted by atomic mass is 32.2. The van der Waals surface area contributed by atoms with Gasteiger partial charge in [-0.15, -0.1) is 11.3 Å². The summed E-state index contributed by atoms with van der Waals surface area (Å²) >= 11 is 3.72. The predicted octanol–water partition coefficient (Wildman–Crippen LogP) is 5.10. The highest BCUT2D eigenvalue weighted by Crippen LogP contribution is 2.44. The second kappa shape index (κ2) is 5.18. The van der Waals surface area contributed by atoms with Gasteiger partial charge < -0.3 is 4.90 Å². The van der Waals surface area contributed by atoms with Crippen molar-refractivity contribution >= 4 is 44.0 Å². The Labute approximate surface area is 133 Å². The molecule has 1 aromatic heterocycles. The zero-order valence-electron chi connectivity index (χ0n) is 12.3. The summed E-state index contributed by atoms with van der Waals surface area (Å²) in [6.45, 7) is 6.45. The van der Waals surface area contributed by atoms with E-state index in [1.54, 1.807) is 0 Å². The average Bonchev–Trinajstić information content (AvgIpc) is 3.13. The monoisotopic (exact) mass is 314 g/mol. The third-order valence-electron chi connectivity index (χ3n) is 4.08. The van der Waals surface area contributed by atoms with E-state index in [0.29, 0.717) is 0 Å². The number of aryl methyl sites for hydroxylation is 1. The Morgan fingerprint density at radius 3 is 3.10 bits per heavy atom. The van der Waals surface area contributed by atoms with Crippen LogP contribution in [0.25, 0.3) is 15.8 Å². The lowest BCUT2D eigenvalue weighted by atomic mass is 10.0. The van der Waals surface area contributed by atoms with Crippen LogP contribution in [0.4, 0.5) is 0 Å². The Kier molecular flexibility index (Phi) is 3.31. The SMILES string of the molecule is CCCC1=C(c2cc(C)c3ccsc3c2)N2CCN=C2S1. The third kappa shape index (κ3) is 2.12. The second-order valence-corrected chi connectivity index (χ2v) is 7.58. The van der Waals surface area contributed by atoms with Crippen molar-refractivity contribution in [3.8, 4) is 0 Å². The minimum atomic E-state index is 0.936. The Hall–Kier alpha value is -1.26. The zero-order valence-corrected chi connectivity index (χ0v) is 14.0. The lowest BCUT2D eigenvalue weighted by Gasteiger charge is -2.18. The summed E-state index contributed by atoms with van der Waals surface area (Å²) in [5, 5.41) is 4.79. The van der Waals surface area contributed by atoms with Crippen molar-refractivity contribution in [2.45, 2.75) is 26.7 Å². The van der Waals surface area contributed by atoms with E-state index in [4.69, 9.17) is 0 Å². The molecule has 0 N–H and O–H groups in total. The Balaban J connectivity index is 1.87. The predicted molar refractivity (Wildman–Crippen MR) is 95.0 cm³/mol. The summed E-state index contributed by atoms with van der Waals surface area (Å²) < 4.78 is 1.39. The van der Waals surface area contributed by atoms with E-state index in [2.05, 4.69) is 47.3 Å². The van der Waals surface area contributed by atoms with Gasteiger partial charge in [0.2, 0.25) is 0 Å². The molecule has 1 aromatic carbocycles. The van der Waals surface area contributed by atoms with Crippen molar-refractivity contribution in [2.24, 2.45) is 4.99 Å². The number of hydrogen-bond acceptors (Lipinski definition) is 4. The maximum atomic E-state index is 4.65. The van der Waals surface area contributed by atoms with E-state index in [1.807, 2.05) is 23.1 Å². The van der Waals surface area contributed by atoms with Crippen molar-refractivity contribution in [3.63, 3.8) is 0 Å². The Bertz CT molecular complexity index is 770. The fraction of sp³-hybridized carbons (Fsp3) is 0.353. The van der Waals surface area contributed by atoms with Gasteiger partial charge in [0.25, 0.3) is 0 Å². The number of thioether (sulfide) groups is 1. The van der Waals surface area contributed by atoms with Crippen LogP contribution < -0.4 is 0 Å². The van der Waals surface area contributed by atoms with Gasteiger partial charge in [0.05, 0.1) is 12.2 Å². The first-order valence-corrected chi connectivity index (χ1v) is 9.18. The molecule has 2 aliphatic heterocycles. The number of allylic oxidation sites excluding steroid dienone is 1. The minimum Gasteiger partial charge on any atom is -0.318 e. The van der Waals surface area contributed by atoms with E-state index < -0.39 is 0 Å². The Morgan fingerprint density at radius 1 is 1.33 bits per heavy atom. The first-order valence-electron chi connectivity index (χ1n) is 7.49. The van der Waals surface area contributed by atoms with Crippen LogP contribution in [0.2, 0.25) is 0 Å². The van der Waals surface area contributed by atoms with Gasteiger partial charge in [-0.2, -0.15) is 0 Å². The highest BCUT2D eigenvalue weighted by Gasteiger charge is 2.32. The molecule has 0 radical (unpaired) electrons. The van der Waals surface area contributed by atoms with Gasteiger partial charge >= 0.3 is 0 Å². The van der Waals surface area contributed by atoms with Crippen molar-refractivity contribution in [2.75, 3.05) is 13.1 Å². The van der Waals surface area contributed by atoms with Crippen LogP contribution in [-0.4, -0.2) is 23.2 Å². The molecule has 108 valence electrons. The van der Waals surface area contributed by atoms with Gasteiger partial charge in [0.1, 0.15) is 0 Å². The first-order chi connectivity index (χ1) is 10.3. The quantitative estimate of drug-likeness (QED) is 0.783. The number of hydrogen-bond donors (Lipinski definition) is 0. The van der Waals surface area contributed by atoms with Crippen molar-refractivity contribution < 1.29 is 0 Å². The van der Waals surface area contributed by atoms with Gasteiger partial charge in [-0.25, -0.2) is 0 Å². The summed E-state index contributed by atoms with van der Waals surface area (Å²) in [6, 6.07) is 6.94. The molecular weight excluding hydrogens is 296 g/mol. The molecule has 0 fully saturated rings. The normalized spacial score (nSPS) is 17.8. The smallest absolute Gasteiger partial charge is 0.168 e. The standard InChI is InChI=1S/C17H18N2S2/c1-3-4-14-16(19-7-6-18-17(19)21-14)12-9-11(2)13-5-8-20-15(13)10-12/h5,8-10H,3-4,6-7H2,1-2H3. The van der Waals surface area contributed by atoms with Crippen molar-refractivity contribution in [1.29, 1.82) is 0 Å². The van der Waals surface area contributed by atoms with Gasteiger partial charge in [0, 0.05) is 21.7 Å². The molecule has 3 heterocycles. The summed E-state index contributed by atoms with van der Waals surface area (Å²) in [5.74, 6) is 0. The molecule has 0 saturated heterocycles. The first kappa shape index (κ1) is 13.4. The van der Waals surface area contributed by atoms with Gasteiger partial charge in [-0.05, 0) is 47.9 Å². The number of benzene rings is 1. The minimum absolute atomic E-state index is 0.936. The van der Waals surface area contributed by atoms with Crippen LogP contribution in [0.5, 0.6) is 0 Å². The number of thiophene rings is 1. The fourth-order valence-corrected chi connectivity index (χ4v) is 5.33. The molecule has 2 nitrogen and oxygen atoms in total. The molecular formula is C17H18N2S2. The van der Waals surface area contributed by atoms with E-state index >= 15 is 0 Å². The van der Waals surface area contributed by atoms with Crippen molar-refractivity contribution in [3.05, 3.63) is 39.6 Å². The largest absolute Gasteiger partial charge is 0.318 e. The van der Waals surface area contributed by atoms with Gasteiger partial charge in [0.15, 0.2) is 5.17 Å². The molecule has 0 atom stereocenters. The molecule has 2 aromatic rings. The maximum Gasteiger partial charge on any atom is 0.168 e. The molecule has 21 heavy (non-hydrogen) atoms. The number of rotatable bonds is 3. The fourth-order valence-electron chi connectivity index (χ4n) is 3.13. The van der Waals surface area contributed by atoms with Crippen LogP contribution in [-0.2, 0) is 0 Å². The molecule has 4 rings (SSSR count). The van der Waals surface area contributed by atoms with E-state index in [1.165, 1.54) is 43.4 Å². The molecule has 2 aliphatic rings. The van der Waals surface area contributed by atoms with E-state index in [-0.39, 0.29) is 0 Å². The summed E-state index contributed by atoms with van der Waals surface area (Å²) in [4.78, 5) is 8.56. The summed E-state index contributed by atoms with van der Waals surface area (Å²) in [7, 11) is 0. The lowest BCUT2D eigenvalue weighted by Crippen LogP contribution is -2.20. The van der Waals surface area contributed by atoms with Crippen LogP contribution in [0.3, 0.4) is 0 Å². The number of amidine groups is 1. The summed E-state index contributed by atoms with van der Waals surface area (Å²) in [5.41, 5.74) is 4.16. The van der Waals surface area contributed by atoms with E-state index in [0.717, 1.165) is 19.5 Å². The average molecular weight is 314 g/mol. The zero-order chi connectivity index (χ0) is 14.4. The third-order valence-corrected chi connectivity index (χ3v) is 6.12. The van der Waals surface area contributed by atoms with Crippen LogP contribution >= 0.6 is 23.1 Å². The van der Waals surface area contributed by atoms with Crippen molar-refractivity contribution in [1.82, 2.24) is 4.90 Å². The number of nitrogens with zero attached hydrogens (tertiary/aromatic N) is 2. The molecule has 4 heteroatoms. The molecule has 0 amide bonds. The highest BCUT2D eigenvalue weighted by molar-refractivity contribution is 8.17. The molecule has 0 spiro atoms. The molecule has 0 saturated carbocycles. The second-order valence-electron chi connectivity index (χ2n) is 5.57. The number of fused-ring (bicyclic) bond motifs is 2. The lowest BCUT2D eigenvalue weighted by molar-refractivity contribution is 0.645. The number of aliphatic imine (C=N–C) groups is 1. The maximum absolute atomic E-state index is 4.65. The van der Waals surface area contributed by atoms with Gasteiger partial charge in [-0.3, -0.25) is 4.99 Å². The molecule has 0 unspecified atom stereocenters. The molecule has 0 bridgehead atoms. The van der Waals surface area contributed by atoms with Crippen LogP contribution in [0, 0.1) is 6.92 Å². The molecule has 0 aliphatic carbocycles. The summed E-state index contributed by atoms with van der Waals surface area (Å²) in [6.07, 6.45) is 2.34.